The molecule has 1 aromatic rings. The summed E-state index contributed by atoms with van der Waals surface area (Å²) >= 11 is 3.58. The highest BCUT2D eigenvalue weighted by Crippen LogP contribution is 2.36. The maximum absolute atomic E-state index is 11.2. The standard InChI is InChI=1S/C19H20BrN3O2/c1-11(14-9-8-13(20)10-17(14)21-3)18-19(23-25-12(2)24)15-6-4-5-7-16(15)22-18/h4-7,10,21-22H,8-9H2,1-3H3/b18-11+,23-19+. The van der Waals surface area contributed by atoms with Gasteiger partial charge in [-0.2, -0.15) is 0 Å². The van der Waals surface area contributed by atoms with Gasteiger partial charge in [0.25, 0.3) is 0 Å². The lowest BCUT2D eigenvalue weighted by Crippen LogP contribution is -2.15. The maximum Gasteiger partial charge on any atom is 0.332 e. The van der Waals surface area contributed by atoms with Crippen LogP contribution in [0.15, 0.2) is 62.5 Å². The fourth-order valence-corrected chi connectivity index (χ4v) is 3.49. The van der Waals surface area contributed by atoms with E-state index in [0.29, 0.717) is 5.71 Å². The summed E-state index contributed by atoms with van der Waals surface area (Å²) in [5.74, 6) is -0.437. The smallest absolute Gasteiger partial charge is 0.332 e. The van der Waals surface area contributed by atoms with E-state index >= 15 is 0 Å². The topological polar surface area (TPSA) is 62.7 Å². The van der Waals surface area contributed by atoms with Crippen molar-refractivity contribution >= 4 is 33.3 Å². The van der Waals surface area contributed by atoms with Gasteiger partial charge in [0.15, 0.2) is 0 Å². The van der Waals surface area contributed by atoms with Gasteiger partial charge < -0.3 is 15.5 Å². The summed E-state index contributed by atoms with van der Waals surface area (Å²) in [7, 11) is 1.92. The number of fused-ring (bicyclic) bond motifs is 1. The van der Waals surface area contributed by atoms with E-state index in [1.807, 2.05) is 31.3 Å². The number of para-hydroxylation sites is 1. The third kappa shape index (κ3) is 3.54. The Kier molecular flexibility index (Phi) is 5.08. The van der Waals surface area contributed by atoms with Crippen LogP contribution in [0, 0.1) is 0 Å². The Morgan fingerprint density at radius 1 is 1.28 bits per heavy atom. The Bertz CT molecular complexity index is 850. The van der Waals surface area contributed by atoms with E-state index in [9.17, 15) is 4.79 Å². The van der Waals surface area contributed by atoms with Crippen molar-refractivity contribution in [2.45, 2.75) is 26.7 Å². The molecule has 0 unspecified atom stereocenters. The van der Waals surface area contributed by atoms with Gasteiger partial charge in [0.05, 0.1) is 5.70 Å². The van der Waals surface area contributed by atoms with E-state index in [1.54, 1.807) is 0 Å². The fraction of sp³-hybridized carbons (Fsp3) is 0.263. The molecule has 0 atom stereocenters. The molecular formula is C19H20BrN3O2. The molecule has 0 radical (unpaired) electrons. The lowest BCUT2D eigenvalue weighted by atomic mass is 9.93. The minimum Gasteiger partial charge on any atom is -0.388 e. The van der Waals surface area contributed by atoms with Crippen LogP contribution in [0.4, 0.5) is 5.69 Å². The van der Waals surface area contributed by atoms with Crippen molar-refractivity contribution in [2.24, 2.45) is 5.16 Å². The van der Waals surface area contributed by atoms with Gasteiger partial charge >= 0.3 is 5.97 Å². The molecule has 0 bridgehead atoms. The first-order chi connectivity index (χ1) is 12.0. The number of hydrogen-bond donors (Lipinski definition) is 2. The molecule has 25 heavy (non-hydrogen) atoms. The molecule has 1 aliphatic carbocycles. The molecule has 3 rings (SSSR count). The molecule has 1 aliphatic heterocycles. The molecule has 0 saturated heterocycles. The molecule has 0 spiro atoms. The molecule has 0 aromatic heterocycles. The monoisotopic (exact) mass is 401 g/mol. The van der Waals surface area contributed by atoms with Crippen LogP contribution in [0.25, 0.3) is 0 Å². The second kappa shape index (κ2) is 7.27. The average Bonchev–Trinajstić information content (AvgIpc) is 2.97. The Hall–Kier alpha value is -2.34. The Morgan fingerprint density at radius 2 is 2.04 bits per heavy atom. The third-order valence-corrected chi connectivity index (χ3v) is 4.91. The highest BCUT2D eigenvalue weighted by molar-refractivity contribution is 9.11. The van der Waals surface area contributed by atoms with Gasteiger partial charge in [-0.25, -0.2) is 4.79 Å². The Morgan fingerprint density at radius 3 is 2.76 bits per heavy atom. The largest absolute Gasteiger partial charge is 0.388 e. The highest BCUT2D eigenvalue weighted by Gasteiger charge is 2.27. The van der Waals surface area contributed by atoms with Crippen molar-refractivity contribution < 1.29 is 9.63 Å². The number of halogens is 1. The number of likely N-dealkylation sites (N-methyl/N-ethyl adjacent to an activating group) is 1. The minimum absolute atomic E-state index is 0.437. The lowest BCUT2D eigenvalue weighted by Gasteiger charge is -2.20. The molecular weight excluding hydrogens is 382 g/mol. The number of rotatable bonds is 3. The molecule has 0 amide bonds. The fourth-order valence-electron chi connectivity index (χ4n) is 3.06. The van der Waals surface area contributed by atoms with Crippen LogP contribution in [0.2, 0.25) is 0 Å². The zero-order valence-corrected chi connectivity index (χ0v) is 16.0. The normalized spacial score (nSPS) is 20.0. The highest BCUT2D eigenvalue weighted by atomic mass is 79.9. The molecule has 0 saturated carbocycles. The van der Waals surface area contributed by atoms with E-state index in [4.69, 9.17) is 4.84 Å². The molecule has 130 valence electrons. The number of benzene rings is 1. The first-order valence-electron chi connectivity index (χ1n) is 8.12. The second-order valence-electron chi connectivity index (χ2n) is 5.93. The molecule has 1 aromatic carbocycles. The van der Waals surface area contributed by atoms with Gasteiger partial charge in [-0.15, -0.1) is 0 Å². The van der Waals surface area contributed by atoms with Gasteiger partial charge in [-0.1, -0.05) is 39.3 Å². The Labute approximate surface area is 155 Å². The zero-order valence-electron chi connectivity index (χ0n) is 14.4. The summed E-state index contributed by atoms with van der Waals surface area (Å²) in [6.45, 7) is 3.41. The number of carbonyl (C=O) groups is 1. The van der Waals surface area contributed by atoms with Crippen molar-refractivity contribution in [3.63, 3.8) is 0 Å². The number of carbonyl (C=O) groups excluding carboxylic acids is 1. The van der Waals surface area contributed by atoms with Gasteiger partial charge in [-0.05, 0) is 47.5 Å². The average molecular weight is 402 g/mol. The van der Waals surface area contributed by atoms with Crippen LogP contribution in [0.1, 0.15) is 32.3 Å². The van der Waals surface area contributed by atoms with Gasteiger partial charge in [-0.3, -0.25) is 0 Å². The zero-order chi connectivity index (χ0) is 18.0. The minimum atomic E-state index is -0.437. The number of nitrogens with zero attached hydrogens (tertiary/aromatic N) is 1. The van der Waals surface area contributed by atoms with Gasteiger partial charge in [0, 0.05) is 30.9 Å². The van der Waals surface area contributed by atoms with E-state index in [1.165, 1.54) is 17.0 Å². The molecule has 5 nitrogen and oxygen atoms in total. The van der Waals surface area contributed by atoms with Crippen LogP contribution >= 0.6 is 15.9 Å². The van der Waals surface area contributed by atoms with Crippen LogP contribution in [0.3, 0.4) is 0 Å². The van der Waals surface area contributed by atoms with Crippen molar-refractivity contribution in [3.05, 3.63) is 62.9 Å². The van der Waals surface area contributed by atoms with E-state index in [2.05, 4.69) is 44.7 Å². The molecule has 2 N–H and O–H groups in total. The summed E-state index contributed by atoms with van der Waals surface area (Å²) in [6, 6.07) is 7.87. The SMILES string of the molecule is CNC1=C(/C(C)=C2/Nc3ccccc3/C2=N\OC(C)=O)CCC(Br)=C1. The van der Waals surface area contributed by atoms with Crippen LogP contribution in [0.5, 0.6) is 0 Å². The van der Waals surface area contributed by atoms with Crippen molar-refractivity contribution in [2.75, 3.05) is 12.4 Å². The number of allylic oxidation sites excluding steroid dienone is 5. The summed E-state index contributed by atoms with van der Waals surface area (Å²) < 4.78 is 1.18. The quantitative estimate of drug-likeness (QED) is 0.588. The predicted octanol–water partition coefficient (Wildman–Crippen LogP) is 4.20. The van der Waals surface area contributed by atoms with Gasteiger partial charge in [0.2, 0.25) is 0 Å². The van der Waals surface area contributed by atoms with Crippen LogP contribution < -0.4 is 10.6 Å². The lowest BCUT2D eigenvalue weighted by molar-refractivity contribution is -0.140. The summed E-state index contributed by atoms with van der Waals surface area (Å²) in [6.07, 6.45) is 3.98. The van der Waals surface area contributed by atoms with Crippen molar-refractivity contribution in [1.82, 2.24) is 5.32 Å². The molecule has 6 heteroatoms. The van der Waals surface area contributed by atoms with Crippen LogP contribution in [-0.4, -0.2) is 18.7 Å². The Balaban J connectivity index is 2.12. The van der Waals surface area contributed by atoms with Crippen LogP contribution in [-0.2, 0) is 9.63 Å². The number of oxime groups is 1. The summed E-state index contributed by atoms with van der Waals surface area (Å²) in [4.78, 5) is 16.2. The first-order valence-corrected chi connectivity index (χ1v) is 8.91. The number of anilines is 1. The third-order valence-electron chi connectivity index (χ3n) is 4.28. The van der Waals surface area contributed by atoms with Gasteiger partial charge in [0.1, 0.15) is 5.71 Å². The van der Waals surface area contributed by atoms with E-state index < -0.39 is 5.97 Å². The maximum atomic E-state index is 11.2. The summed E-state index contributed by atoms with van der Waals surface area (Å²) in [5.41, 5.74) is 6.79. The second-order valence-corrected chi connectivity index (χ2v) is 6.95. The first kappa shape index (κ1) is 17.5. The van der Waals surface area contributed by atoms with E-state index in [0.717, 1.165) is 41.1 Å². The van der Waals surface area contributed by atoms with Crippen molar-refractivity contribution in [3.8, 4) is 0 Å². The van der Waals surface area contributed by atoms with E-state index in [-0.39, 0.29) is 0 Å². The summed E-state index contributed by atoms with van der Waals surface area (Å²) in [5, 5.41) is 10.8. The number of nitrogens with one attached hydrogen (secondary N) is 2. The van der Waals surface area contributed by atoms with Crippen molar-refractivity contribution in [1.29, 1.82) is 0 Å². The predicted molar refractivity (Wildman–Crippen MR) is 103 cm³/mol. The molecule has 0 fully saturated rings. The molecule has 1 heterocycles. The number of hydrogen-bond acceptors (Lipinski definition) is 5. The molecule has 2 aliphatic rings.